The maximum Gasteiger partial charge on any atom is 0.0702 e. The molecule has 0 aromatic heterocycles. The van der Waals surface area contributed by atoms with Gasteiger partial charge in [0.2, 0.25) is 0 Å². The van der Waals surface area contributed by atoms with Crippen LogP contribution in [0.2, 0.25) is 0 Å². The SMILES string of the molecule is NCC(O)Cc1cccc(CCC2(O)CCCC2)c1. The van der Waals surface area contributed by atoms with Gasteiger partial charge < -0.3 is 15.9 Å². The summed E-state index contributed by atoms with van der Waals surface area (Å²) in [5, 5.41) is 19.9. The second kappa shape index (κ2) is 6.51. The van der Waals surface area contributed by atoms with E-state index in [1.807, 2.05) is 12.1 Å². The molecule has 2 rings (SSSR count). The van der Waals surface area contributed by atoms with Gasteiger partial charge in [-0.05, 0) is 43.2 Å². The van der Waals surface area contributed by atoms with Crippen molar-refractivity contribution in [1.29, 1.82) is 0 Å². The second-order valence-electron chi connectivity index (χ2n) is 5.85. The minimum Gasteiger partial charge on any atom is -0.391 e. The van der Waals surface area contributed by atoms with Gasteiger partial charge in [-0.25, -0.2) is 0 Å². The fourth-order valence-corrected chi connectivity index (χ4v) is 2.93. The average molecular weight is 263 g/mol. The van der Waals surface area contributed by atoms with Gasteiger partial charge in [0.15, 0.2) is 0 Å². The van der Waals surface area contributed by atoms with Crippen LogP contribution in [-0.2, 0) is 12.8 Å². The highest BCUT2D eigenvalue weighted by molar-refractivity contribution is 5.24. The highest BCUT2D eigenvalue weighted by Crippen LogP contribution is 2.33. The first kappa shape index (κ1) is 14.5. The van der Waals surface area contributed by atoms with Crippen LogP contribution < -0.4 is 5.73 Å². The summed E-state index contributed by atoms with van der Waals surface area (Å²) in [5.41, 5.74) is 7.35. The highest BCUT2D eigenvalue weighted by atomic mass is 16.3. The zero-order valence-corrected chi connectivity index (χ0v) is 11.5. The Kier molecular flexibility index (Phi) is 4.97. The Hall–Kier alpha value is -0.900. The largest absolute Gasteiger partial charge is 0.391 e. The second-order valence-corrected chi connectivity index (χ2v) is 5.85. The molecule has 1 unspecified atom stereocenters. The summed E-state index contributed by atoms with van der Waals surface area (Å²) in [6, 6.07) is 8.26. The highest BCUT2D eigenvalue weighted by Gasteiger charge is 2.30. The number of hydrogen-bond acceptors (Lipinski definition) is 3. The molecular weight excluding hydrogens is 238 g/mol. The van der Waals surface area contributed by atoms with Crippen molar-refractivity contribution < 1.29 is 10.2 Å². The van der Waals surface area contributed by atoms with Crippen LogP contribution in [0.3, 0.4) is 0 Å². The summed E-state index contributed by atoms with van der Waals surface area (Å²) in [6.07, 6.45) is 6.08. The minimum atomic E-state index is -0.464. The molecule has 0 bridgehead atoms. The molecule has 0 aliphatic heterocycles. The predicted molar refractivity (Wildman–Crippen MR) is 76.9 cm³/mol. The summed E-state index contributed by atoms with van der Waals surface area (Å²) < 4.78 is 0. The third kappa shape index (κ3) is 4.30. The molecule has 1 aliphatic carbocycles. The number of rotatable bonds is 6. The van der Waals surface area contributed by atoms with Gasteiger partial charge in [-0.15, -0.1) is 0 Å². The zero-order valence-electron chi connectivity index (χ0n) is 11.5. The molecule has 0 heterocycles. The normalized spacial score (nSPS) is 19.5. The molecule has 4 N–H and O–H groups in total. The lowest BCUT2D eigenvalue weighted by molar-refractivity contribution is 0.0391. The van der Waals surface area contributed by atoms with Crippen LogP contribution in [0, 0.1) is 0 Å². The maximum absolute atomic E-state index is 10.3. The van der Waals surface area contributed by atoms with E-state index in [9.17, 15) is 10.2 Å². The van der Waals surface area contributed by atoms with Gasteiger partial charge in [0, 0.05) is 6.54 Å². The summed E-state index contributed by atoms with van der Waals surface area (Å²) >= 11 is 0. The van der Waals surface area contributed by atoms with Crippen molar-refractivity contribution in [3.63, 3.8) is 0 Å². The lowest BCUT2D eigenvalue weighted by Crippen LogP contribution is -2.24. The lowest BCUT2D eigenvalue weighted by Gasteiger charge is -2.22. The van der Waals surface area contributed by atoms with E-state index in [-0.39, 0.29) is 0 Å². The van der Waals surface area contributed by atoms with Crippen molar-refractivity contribution in [3.05, 3.63) is 35.4 Å². The standard InChI is InChI=1S/C16H25NO2/c17-12-15(18)11-14-5-3-4-13(10-14)6-9-16(19)7-1-2-8-16/h3-5,10,15,18-19H,1-2,6-9,11-12,17H2. The van der Waals surface area contributed by atoms with Crippen LogP contribution in [-0.4, -0.2) is 28.5 Å². The molecule has 0 amide bonds. The van der Waals surface area contributed by atoms with Gasteiger partial charge >= 0.3 is 0 Å². The fourth-order valence-electron chi connectivity index (χ4n) is 2.93. The lowest BCUT2D eigenvalue weighted by atomic mass is 9.92. The topological polar surface area (TPSA) is 66.5 Å². The number of aliphatic hydroxyl groups is 2. The molecular formula is C16H25NO2. The molecule has 1 fully saturated rings. The number of hydrogen-bond donors (Lipinski definition) is 3. The van der Waals surface area contributed by atoms with Crippen molar-refractivity contribution in [2.45, 2.75) is 56.7 Å². The smallest absolute Gasteiger partial charge is 0.0702 e. The van der Waals surface area contributed by atoms with Crippen molar-refractivity contribution in [3.8, 4) is 0 Å². The Balaban J connectivity index is 1.91. The summed E-state index contributed by atoms with van der Waals surface area (Å²) in [7, 11) is 0. The van der Waals surface area contributed by atoms with Crippen molar-refractivity contribution in [1.82, 2.24) is 0 Å². The number of benzene rings is 1. The Bertz CT molecular complexity index is 399. The van der Waals surface area contributed by atoms with Gasteiger partial charge in [-0.3, -0.25) is 0 Å². The average Bonchev–Trinajstić information content (AvgIpc) is 2.84. The molecule has 1 atom stereocenters. The first-order valence-electron chi connectivity index (χ1n) is 7.30. The Morgan fingerprint density at radius 1 is 1.21 bits per heavy atom. The minimum absolute atomic E-state index is 0.296. The van der Waals surface area contributed by atoms with E-state index in [4.69, 9.17) is 5.73 Å². The van der Waals surface area contributed by atoms with Gasteiger partial charge in [0.05, 0.1) is 11.7 Å². The van der Waals surface area contributed by atoms with Gasteiger partial charge in [-0.2, -0.15) is 0 Å². The van der Waals surface area contributed by atoms with Crippen LogP contribution in [0.5, 0.6) is 0 Å². The molecule has 106 valence electrons. The molecule has 1 aromatic rings. The van der Waals surface area contributed by atoms with Crippen molar-refractivity contribution in [2.24, 2.45) is 5.73 Å². The Morgan fingerprint density at radius 3 is 2.58 bits per heavy atom. The zero-order chi connectivity index (χ0) is 13.7. The van der Waals surface area contributed by atoms with Crippen LogP contribution in [0.1, 0.15) is 43.2 Å². The quantitative estimate of drug-likeness (QED) is 0.733. The van der Waals surface area contributed by atoms with E-state index in [1.54, 1.807) is 0 Å². The summed E-state index contributed by atoms with van der Waals surface area (Å²) in [4.78, 5) is 0. The van der Waals surface area contributed by atoms with E-state index < -0.39 is 11.7 Å². The van der Waals surface area contributed by atoms with E-state index in [2.05, 4.69) is 12.1 Å². The molecule has 0 saturated heterocycles. The Labute approximate surface area is 115 Å². The van der Waals surface area contributed by atoms with E-state index in [0.29, 0.717) is 13.0 Å². The van der Waals surface area contributed by atoms with Crippen LogP contribution in [0.15, 0.2) is 24.3 Å². The molecule has 0 spiro atoms. The van der Waals surface area contributed by atoms with E-state index in [1.165, 1.54) is 5.56 Å². The predicted octanol–water partition coefficient (Wildman–Crippen LogP) is 1.79. The number of nitrogens with two attached hydrogens (primary N) is 1. The fraction of sp³-hybridized carbons (Fsp3) is 0.625. The van der Waals surface area contributed by atoms with Crippen LogP contribution in [0.4, 0.5) is 0 Å². The third-order valence-electron chi connectivity index (χ3n) is 4.15. The molecule has 1 aromatic carbocycles. The maximum atomic E-state index is 10.3. The van der Waals surface area contributed by atoms with Crippen molar-refractivity contribution in [2.75, 3.05) is 6.54 Å². The van der Waals surface area contributed by atoms with E-state index >= 15 is 0 Å². The molecule has 0 radical (unpaired) electrons. The molecule has 3 nitrogen and oxygen atoms in total. The first-order valence-corrected chi connectivity index (χ1v) is 7.30. The van der Waals surface area contributed by atoms with Crippen LogP contribution in [0.25, 0.3) is 0 Å². The monoisotopic (exact) mass is 263 g/mol. The number of aliphatic hydroxyl groups excluding tert-OH is 1. The summed E-state index contributed by atoms with van der Waals surface area (Å²) in [5.74, 6) is 0. The molecule has 19 heavy (non-hydrogen) atoms. The van der Waals surface area contributed by atoms with Gasteiger partial charge in [0.25, 0.3) is 0 Å². The molecule has 3 heteroatoms. The van der Waals surface area contributed by atoms with Gasteiger partial charge in [0.1, 0.15) is 0 Å². The van der Waals surface area contributed by atoms with E-state index in [0.717, 1.165) is 44.1 Å². The van der Waals surface area contributed by atoms with Crippen molar-refractivity contribution >= 4 is 0 Å². The van der Waals surface area contributed by atoms with Gasteiger partial charge in [-0.1, -0.05) is 37.1 Å². The number of aryl methyl sites for hydroxylation is 1. The summed E-state index contributed by atoms with van der Waals surface area (Å²) in [6.45, 7) is 0.296. The molecule has 1 saturated carbocycles. The Morgan fingerprint density at radius 2 is 1.89 bits per heavy atom. The third-order valence-corrected chi connectivity index (χ3v) is 4.15. The molecule has 1 aliphatic rings. The first-order chi connectivity index (χ1) is 9.11. The van der Waals surface area contributed by atoms with Crippen LogP contribution >= 0.6 is 0 Å².